The number of piperazine rings is 1. The van der Waals surface area contributed by atoms with Crippen LogP contribution in [0.2, 0.25) is 0 Å². The van der Waals surface area contributed by atoms with E-state index in [9.17, 15) is 0 Å². The van der Waals surface area contributed by atoms with Gasteiger partial charge in [0, 0.05) is 37.8 Å². The van der Waals surface area contributed by atoms with Crippen LogP contribution < -0.4 is 5.32 Å². The molecule has 0 amide bonds. The van der Waals surface area contributed by atoms with Crippen LogP contribution >= 0.6 is 0 Å². The highest BCUT2D eigenvalue weighted by molar-refractivity contribution is 5.13. The first kappa shape index (κ1) is 10.5. The zero-order chi connectivity index (χ0) is 10.5. The highest BCUT2D eigenvalue weighted by Crippen LogP contribution is 2.25. The van der Waals surface area contributed by atoms with E-state index in [0.717, 1.165) is 32.6 Å². The summed E-state index contributed by atoms with van der Waals surface area (Å²) in [5, 5.41) is 3.37. The smallest absolute Gasteiger partial charge is 0.0950 e. The minimum atomic E-state index is 0.434. The molecule has 0 radical (unpaired) electrons. The molecule has 0 saturated carbocycles. The molecule has 1 fully saturated rings. The molecule has 15 heavy (non-hydrogen) atoms. The van der Waals surface area contributed by atoms with Crippen LogP contribution in [0.1, 0.15) is 18.0 Å². The molecule has 1 atom stereocenters. The van der Waals surface area contributed by atoms with Gasteiger partial charge in [-0.15, -0.1) is 6.58 Å². The molecule has 3 heteroatoms. The third-order valence-electron chi connectivity index (χ3n) is 2.91. The second kappa shape index (κ2) is 5.14. The first-order chi connectivity index (χ1) is 7.42. The van der Waals surface area contributed by atoms with Crippen LogP contribution in [0.15, 0.2) is 35.7 Å². The summed E-state index contributed by atoms with van der Waals surface area (Å²) in [6, 6.07) is 2.49. The van der Waals surface area contributed by atoms with E-state index in [2.05, 4.69) is 22.9 Å². The van der Waals surface area contributed by atoms with Gasteiger partial charge in [-0.1, -0.05) is 6.08 Å². The summed E-state index contributed by atoms with van der Waals surface area (Å²) < 4.78 is 5.16. The van der Waals surface area contributed by atoms with Gasteiger partial charge in [0.1, 0.15) is 0 Å². The summed E-state index contributed by atoms with van der Waals surface area (Å²) in [7, 11) is 0. The first-order valence-electron chi connectivity index (χ1n) is 5.49. The summed E-state index contributed by atoms with van der Waals surface area (Å²) in [5.74, 6) is 0. The molecule has 2 heterocycles. The van der Waals surface area contributed by atoms with Crippen LogP contribution in [0.25, 0.3) is 0 Å². The van der Waals surface area contributed by atoms with Crippen molar-refractivity contribution in [2.24, 2.45) is 0 Å². The van der Waals surface area contributed by atoms with Gasteiger partial charge in [-0.05, 0) is 12.5 Å². The van der Waals surface area contributed by atoms with Crippen molar-refractivity contribution in [3.05, 3.63) is 36.8 Å². The van der Waals surface area contributed by atoms with E-state index < -0.39 is 0 Å². The van der Waals surface area contributed by atoms with Gasteiger partial charge in [-0.25, -0.2) is 0 Å². The Bertz CT molecular complexity index is 289. The van der Waals surface area contributed by atoms with Crippen molar-refractivity contribution < 1.29 is 4.42 Å². The maximum absolute atomic E-state index is 5.16. The van der Waals surface area contributed by atoms with Crippen molar-refractivity contribution in [1.82, 2.24) is 10.2 Å². The van der Waals surface area contributed by atoms with Crippen molar-refractivity contribution >= 4 is 0 Å². The van der Waals surface area contributed by atoms with Crippen LogP contribution in [-0.4, -0.2) is 31.1 Å². The van der Waals surface area contributed by atoms with Gasteiger partial charge in [-0.2, -0.15) is 0 Å². The average molecular weight is 206 g/mol. The fourth-order valence-electron chi connectivity index (χ4n) is 2.11. The third-order valence-corrected chi connectivity index (χ3v) is 2.91. The number of nitrogens with zero attached hydrogens (tertiary/aromatic N) is 1. The quantitative estimate of drug-likeness (QED) is 0.761. The van der Waals surface area contributed by atoms with E-state index in [1.165, 1.54) is 5.56 Å². The van der Waals surface area contributed by atoms with E-state index in [-0.39, 0.29) is 0 Å². The second-order valence-corrected chi connectivity index (χ2v) is 3.88. The Labute approximate surface area is 90.8 Å². The van der Waals surface area contributed by atoms with Crippen molar-refractivity contribution in [2.75, 3.05) is 26.2 Å². The SMILES string of the molecule is C=CC[C@H](c1ccoc1)N1CCNCC1. The van der Waals surface area contributed by atoms with Gasteiger partial charge < -0.3 is 9.73 Å². The number of hydrogen-bond acceptors (Lipinski definition) is 3. The molecule has 0 aromatic carbocycles. The van der Waals surface area contributed by atoms with Gasteiger partial charge in [-0.3, -0.25) is 4.90 Å². The van der Waals surface area contributed by atoms with Crippen LogP contribution in [0.3, 0.4) is 0 Å². The van der Waals surface area contributed by atoms with Crippen LogP contribution in [-0.2, 0) is 0 Å². The normalized spacial score (nSPS) is 20.0. The second-order valence-electron chi connectivity index (χ2n) is 3.88. The van der Waals surface area contributed by atoms with Crippen LogP contribution in [0.4, 0.5) is 0 Å². The molecule has 1 aliphatic rings. The van der Waals surface area contributed by atoms with Gasteiger partial charge >= 0.3 is 0 Å². The first-order valence-corrected chi connectivity index (χ1v) is 5.49. The number of hydrogen-bond donors (Lipinski definition) is 1. The van der Waals surface area contributed by atoms with Gasteiger partial charge in [0.2, 0.25) is 0 Å². The topological polar surface area (TPSA) is 28.4 Å². The average Bonchev–Trinajstić information content (AvgIpc) is 2.80. The molecule has 1 saturated heterocycles. The lowest BCUT2D eigenvalue weighted by atomic mass is 10.0. The van der Waals surface area contributed by atoms with E-state index in [1.54, 1.807) is 6.26 Å². The lowest BCUT2D eigenvalue weighted by Crippen LogP contribution is -2.45. The van der Waals surface area contributed by atoms with Crippen molar-refractivity contribution in [3.8, 4) is 0 Å². The van der Waals surface area contributed by atoms with E-state index in [4.69, 9.17) is 4.42 Å². The molecule has 0 aliphatic carbocycles. The van der Waals surface area contributed by atoms with Gasteiger partial charge in [0.15, 0.2) is 0 Å². The van der Waals surface area contributed by atoms with Crippen LogP contribution in [0, 0.1) is 0 Å². The summed E-state index contributed by atoms with van der Waals surface area (Å²) in [6.45, 7) is 8.18. The van der Waals surface area contributed by atoms with E-state index in [1.807, 2.05) is 12.3 Å². The van der Waals surface area contributed by atoms with Gasteiger partial charge in [0.25, 0.3) is 0 Å². The molecular formula is C12H18N2O. The number of rotatable bonds is 4. The van der Waals surface area contributed by atoms with Crippen molar-refractivity contribution in [2.45, 2.75) is 12.5 Å². The molecular weight excluding hydrogens is 188 g/mol. The van der Waals surface area contributed by atoms with Crippen molar-refractivity contribution in [3.63, 3.8) is 0 Å². The molecule has 2 rings (SSSR count). The summed E-state index contributed by atoms with van der Waals surface area (Å²) in [4.78, 5) is 2.49. The molecule has 0 spiro atoms. The minimum Gasteiger partial charge on any atom is -0.472 e. The van der Waals surface area contributed by atoms with Crippen LogP contribution in [0.5, 0.6) is 0 Å². The van der Waals surface area contributed by atoms with E-state index in [0.29, 0.717) is 6.04 Å². The zero-order valence-corrected chi connectivity index (χ0v) is 8.98. The lowest BCUT2D eigenvalue weighted by Gasteiger charge is -2.33. The Morgan fingerprint density at radius 3 is 2.93 bits per heavy atom. The molecule has 82 valence electrons. The molecule has 1 aromatic heterocycles. The number of furan rings is 1. The predicted molar refractivity (Wildman–Crippen MR) is 60.7 cm³/mol. The standard InChI is InChI=1S/C12H18N2O/c1-2-3-12(11-4-9-15-10-11)14-7-5-13-6-8-14/h2,4,9-10,12-13H,1,3,5-8H2/t12-/m1/s1. The minimum absolute atomic E-state index is 0.434. The van der Waals surface area contributed by atoms with E-state index >= 15 is 0 Å². The molecule has 0 bridgehead atoms. The van der Waals surface area contributed by atoms with Gasteiger partial charge in [0.05, 0.1) is 12.5 Å². The maximum atomic E-state index is 5.16. The molecule has 1 aromatic rings. The lowest BCUT2D eigenvalue weighted by molar-refractivity contribution is 0.174. The number of nitrogens with one attached hydrogen (secondary N) is 1. The third kappa shape index (κ3) is 2.49. The molecule has 0 unspecified atom stereocenters. The fourth-order valence-corrected chi connectivity index (χ4v) is 2.11. The molecule has 1 N–H and O–H groups in total. The zero-order valence-electron chi connectivity index (χ0n) is 8.98. The predicted octanol–water partition coefficient (Wildman–Crippen LogP) is 1.80. The molecule has 1 aliphatic heterocycles. The Kier molecular flexibility index (Phi) is 3.59. The van der Waals surface area contributed by atoms with Crippen molar-refractivity contribution in [1.29, 1.82) is 0 Å². The summed E-state index contributed by atoms with van der Waals surface area (Å²) in [6.07, 6.45) is 6.56. The highest BCUT2D eigenvalue weighted by atomic mass is 16.3. The Morgan fingerprint density at radius 2 is 2.33 bits per heavy atom. The Balaban J connectivity index is 2.07. The maximum Gasteiger partial charge on any atom is 0.0950 e. The monoisotopic (exact) mass is 206 g/mol. The highest BCUT2D eigenvalue weighted by Gasteiger charge is 2.21. The molecule has 3 nitrogen and oxygen atoms in total. The Morgan fingerprint density at radius 1 is 1.53 bits per heavy atom. The Hall–Kier alpha value is -1.06. The largest absolute Gasteiger partial charge is 0.472 e. The fraction of sp³-hybridized carbons (Fsp3) is 0.500. The summed E-state index contributed by atoms with van der Waals surface area (Å²) in [5.41, 5.74) is 1.26. The summed E-state index contributed by atoms with van der Waals surface area (Å²) >= 11 is 0.